The van der Waals surface area contributed by atoms with E-state index in [2.05, 4.69) is 15.2 Å². The van der Waals surface area contributed by atoms with Gasteiger partial charge in [-0.3, -0.25) is 4.99 Å². The Bertz CT molecular complexity index is 560. The van der Waals surface area contributed by atoms with Gasteiger partial charge < -0.3 is 24.3 Å². The van der Waals surface area contributed by atoms with E-state index in [0.717, 1.165) is 36.1 Å². The quantitative estimate of drug-likeness (QED) is 0.678. The van der Waals surface area contributed by atoms with Gasteiger partial charge in [-0.25, -0.2) is 4.79 Å². The first kappa shape index (κ1) is 17.2. The fraction of sp³-hybridized carbons (Fsp3) is 0.625. The molecule has 1 aromatic heterocycles. The topological polar surface area (TPSA) is 70.3 Å². The molecule has 0 spiro atoms. The van der Waals surface area contributed by atoms with Crippen molar-refractivity contribution in [3.05, 3.63) is 23.2 Å². The summed E-state index contributed by atoms with van der Waals surface area (Å²) in [6.07, 6.45) is -0.236. The highest BCUT2D eigenvalue weighted by atomic mass is 16.6. The van der Waals surface area contributed by atoms with Crippen molar-refractivity contribution in [2.24, 2.45) is 4.99 Å². The first-order valence-corrected chi connectivity index (χ1v) is 7.98. The zero-order valence-corrected chi connectivity index (χ0v) is 14.4. The number of hydrogen-bond donors (Lipinski definition) is 1. The Morgan fingerprint density at radius 1 is 1.30 bits per heavy atom. The first-order chi connectivity index (χ1) is 11.0. The average Bonchev–Trinajstić information content (AvgIpc) is 2.86. The van der Waals surface area contributed by atoms with Crippen LogP contribution in [0, 0.1) is 13.8 Å². The normalized spacial score (nSPS) is 15.7. The maximum atomic E-state index is 11.7. The van der Waals surface area contributed by atoms with Crippen molar-refractivity contribution in [3.63, 3.8) is 0 Å². The van der Waals surface area contributed by atoms with Crippen LogP contribution in [-0.4, -0.2) is 61.7 Å². The van der Waals surface area contributed by atoms with Gasteiger partial charge >= 0.3 is 6.09 Å². The highest BCUT2D eigenvalue weighted by Gasteiger charge is 2.23. The molecule has 0 radical (unpaired) electrons. The second kappa shape index (κ2) is 7.89. The van der Waals surface area contributed by atoms with Gasteiger partial charge in [0.1, 0.15) is 11.5 Å². The smallest absolute Gasteiger partial charge is 0.409 e. The number of carbonyl (C=O) groups excluding carboxylic acids is 1. The monoisotopic (exact) mass is 322 g/mol. The number of rotatable bonds is 3. The molecule has 128 valence electrons. The Hall–Kier alpha value is -2.18. The lowest BCUT2D eigenvalue weighted by Crippen LogP contribution is -2.53. The second-order valence-corrected chi connectivity index (χ2v) is 5.51. The van der Waals surface area contributed by atoms with Crippen LogP contribution in [0.15, 0.2) is 15.5 Å². The lowest BCUT2D eigenvalue weighted by Gasteiger charge is -2.35. The number of aliphatic imine (C=N–C) groups is 1. The standard InChI is InChI=1S/C16H26N4O3/c1-5-22-16(21)20-8-6-19(7-9-20)15(17-4)18-11-14-10-12(2)23-13(14)3/h10H,5-9,11H2,1-4H3,(H,17,18). The van der Waals surface area contributed by atoms with E-state index in [9.17, 15) is 4.79 Å². The maximum Gasteiger partial charge on any atom is 0.409 e. The minimum Gasteiger partial charge on any atom is -0.466 e. The van der Waals surface area contributed by atoms with Gasteiger partial charge in [0.05, 0.1) is 6.61 Å². The van der Waals surface area contributed by atoms with Crippen LogP contribution >= 0.6 is 0 Å². The van der Waals surface area contributed by atoms with Gasteiger partial charge in [-0.1, -0.05) is 0 Å². The fourth-order valence-electron chi connectivity index (χ4n) is 2.68. The summed E-state index contributed by atoms with van der Waals surface area (Å²) in [6, 6.07) is 2.04. The Balaban J connectivity index is 1.86. The largest absolute Gasteiger partial charge is 0.466 e. The molecule has 0 saturated carbocycles. The minimum atomic E-state index is -0.236. The van der Waals surface area contributed by atoms with Crippen molar-refractivity contribution >= 4 is 12.1 Å². The summed E-state index contributed by atoms with van der Waals surface area (Å²) in [7, 11) is 1.77. The van der Waals surface area contributed by atoms with Gasteiger partial charge in [0, 0.05) is 45.3 Å². The zero-order chi connectivity index (χ0) is 16.8. The third-order valence-corrected chi connectivity index (χ3v) is 3.90. The number of piperazine rings is 1. The lowest BCUT2D eigenvalue weighted by molar-refractivity contribution is 0.0914. The van der Waals surface area contributed by atoms with Crippen molar-refractivity contribution in [1.82, 2.24) is 15.1 Å². The molecule has 0 bridgehead atoms. The van der Waals surface area contributed by atoms with Gasteiger partial charge in [0.2, 0.25) is 0 Å². The van der Waals surface area contributed by atoms with Crippen LogP contribution in [0.1, 0.15) is 24.0 Å². The van der Waals surface area contributed by atoms with E-state index >= 15 is 0 Å². The number of nitrogens with zero attached hydrogens (tertiary/aromatic N) is 3. The molecule has 2 rings (SSSR count). The number of nitrogens with one attached hydrogen (secondary N) is 1. The van der Waals surface area contributed by atoms with Crippen molar-refractivity contribution < 1.29 is 13.9 Å². The number of carbonyl (C=O) groups is 1. The number of amides is 1. The Morgan fingerprint density at radius 3 is 2.48 bits per heavy atom. The Kier molecular flexibility index (Phi) is 5.90. The molecule has 23 heavy (non-hydrogen) atoms. The first-order valence-electron chi connectivity index (χ1n) is 7.98. The molecular weight excluding hydrogens is 296 g/mol. The highest BCUT2D eigenvalue weighted by molar-refractivity contribution is 5.80. The van der Waals surface area contributed by atoms with E-state index in [1.807, 2.05) is 26.8 Å². The van der Waals surface area contributed by atoms with E-state index in [1.165, 1.54) is 0 Å². The molecule has 0 aliphatic carbocycles. The SMILES string of the molecule is CCOC(=O)N1CCN(C(=NC)NCc2cc(C)oc2C)CC1. The molecule has 7 nitrogen and oxygen atoms in total. The summed E-state index contributed by atoms with van der Waals surface area (Å²) in [5.74, 6) is 2.68. The molecule has 1 saturated heterocycles. The number of hydrogen-bond acceptors (Lipinski definition) is 4. The predicted octanol–water partition coefficient (Wildman–Crippen LogP) is 1.75. The molecule has 0 unspecified atom stereocenters. The predicted molar refractivity (Wildman–Crippen MR) is 88.5 cm³/mol. The van der Waals surface area contributed by atoms with Crippen LogP contribution < -0.4 is 5.32 Å². The number of guanidine groups is 1. The van der Waals surface area contributed by atoms with E-state index in [0.29, 0.717) is 26.2 Å². The van der Waals surface area contributed by atoms with Crippen LogP contribution in [-0.2, 0) is 11.3 Å². The molecule has 1 amide bonds. The molecule has 0 aromatic carbocycles. The van der Waals surface area contributed by atoms with Crippen LogP contribution in [0.5, 0.6) is 0 Å². The molecule has 1 aliphatic heterocycles. The van der Waals surface area contributed by atoms with Gasteiger partial charge in [0.15, 0.2) is 5.96 Å². The number of ether oxygens (including phenoxy) is 1. The van der Waals surface area contributed by atoms with Gasteiger partial charge in [-0.2, -0.15) is 0 Å². The summed E-state index contributed by atoms with van der Waals surface area (Å²) in [6.45, 7) is 9.57. The van der Waals surface area contributed by atoms with E-state index in [4.69, 9.17) is 9.15 Å². The molecule has 0 atom stereocenters. The van der Waals surface area contributed by atoms with E-state index in [1.54, 1.807) is 11.9 Å². The summed E-state index contributed by atoms with van der Waals surface area (Å²) >= 11 is 0. The molecule has 1 aromatic rings. The van der Waals surface area contributed by atoms with Gasteiger partial charge in [0.25, 0.3) is 0 Å². The third-order valence-electron chi connectivity index (χ3n) is 3.90. The Morgan fingerprint density at radius 2 is 1.96 bits per heavy atom. The van der Waals surface area contributed by atoms with Crippen molar-refractivity contribution in [2.75, 3.05) is 39.8 Å². The lowest BCUT2D eigenvalue weighted by atomic mass is 10.2. The molecular formula is C16H26N4O3. The molecule has 1 N–H and O–H groups in total. The van der Waals surface area contributed by atoms with Crippen LogP contribution in [0.25, 0.3) is 0 Å². The van der Waals surface area contributed by atoms with Crippen molar-refractivity contribution in [2.45, 2.75) is 27.3 Å². The van der Waals surface area contributed by atoms with Gasteiger partial charge in [-0.15, -0.1) is 0 Å². The van der Waals surface area contributed by atoms with Crippen molar-refractivity contribution in [1.29, 1.82) is 0 Å². The third kappa shape index (κ3) is 4.40. The second-order valence-electron chi connectivity index (χ2n) is 5.51. The van der Waals surface area contributed by atoms with E-state index in [-0.39, 0.29) is 6.09 Å². The summed E-state index contributed by atoms with van der Waals surface area (Å²) in [5, 5.41) is 3.36. The van der Waals surface area contributed by atoms with Crippen LogP contribution in [0.3, 0.4) is 0 Å². The average molecular weight is 322 g/mol. The summed E-state index contributed by atoms with van der Waals surface area (Å²) in [4.78, 5) is 19.9. The molecule has 1 aliphatic rings. The van der Waals surface area contributed by atoms with E-state index < -0.39 is 0 Å². The molecule has 2 heterocycles. The van der Waals surface area contributed by atoms with Crippen molar-refractivity contribution in [3.8, 4) is 0 Å². The summed E-state index contributed by atoms with van der Waals surface area (Å²) < 4.78 is 10.6. The summed E-state index contributed by atoms with van der Waals surface area (Å²) in [5.41, 5.74) is 1.13. The number of furan rings is 1. The van der Waals surface area contributed by atoms with Crippen LogP contribution in [0.2, 0.25) is 0 Å². The highest BCUT2D eigenvalue weighted by Crippen LogP contribution is 2.13. The zero-order valence-electron chi connectivity index (χ0n) is 14.4. The maximum absolute atomic E-state index is 11.7. The molecule has 1 fully saturated rings. The fourth-order valence-corrected chi connectivity index (χ4v) is 2.68. The number of aryl methyl sites for hydroxylation is 2. The van der Waals surface area contributed by atoms with Gasteiger partial charge in [-0.05, 0) is 26.8 Å². The minimum absolute atomic E-state index is 0.236. The van der Waals surface area contributed by atoms with Crippen LogP contribution in [0.4, 0.5) is 4.79 Å². The molecule has 7 heteroatoms. The Labute approximate surface area is 137 Å².